The smallest absolute Gasteiger partial charge is 0.0898 e. The molecule has 2 N–H and O–H groups in total. The second-order valence-corrected chi connectivity index (χ2v) is 3.32. The van der Waals surface area contributed by atoms with Crippen molar-refractivity contribution in [2.24, 2.45) is 5.73 Å². The van der Waals surface area contributed by atoms with Gasteiger partial charge < -0.3 is 5.73 Å². The molecule has 0 aliphatic carbocycles. The quantitative estimate of drug-likeness (QED) is 0.723. The van der Waals surface area contributed by atoms with Gasteiger partial charge in [0.15, 0.2) is 0 Å². The highest BCUT2D eigenvalue weighted by molar-refractivity contribution is 7.09. The SMILES string of the molecule is Cc1nc(C(N)CC#N)cs1. The number of rotatable bonds is 2. The van der Waals surface area contributed by atoms with Gasteiger partial charge in [0.25, 0.3) is 0 Å². The molecule has 0 aromatic carbocycles. The molecular weight excluding hydrogens is 158 g/mol. The van der Waals surface area contributed by atoms with Crippen molar-refractivity contribution in [1.29, 1.82) is 5.26 Å². The number of hydrogen-bond acceptors (Lipinski definition) is 4. The fraction of sp³-hybridized carbons (Fsp3) is 0.429. The number of thiazole rings is 1. The molecule has 0 aliphatic rings. The Kier molecular flexibility index (Phi) is 2.58. The molecule has 58 valence electrons. The highest BCUT2D eigenvalue weighted by atomic mass is 32.1. The molecule has 0 saturated heterocycles. The van der Waals surface area contributed by atoms with Crippen LogP contribution in [0.4, 0.5) is 0 Å². The summed E-state index contributed by atoms with van der Waals surface area (Å²) < 4.78 is 0. The average molecular weight is 167 g/mol. The van der Waals surface area contributed by atoms with Crippen LogP contribution in [0.15, 0.2) is 5.38 Å². The fourth-order valence-electron chi connectivity index (χ4n) is 0.753. The molecule has 0 radical (unpaired) electrons. The van der Waals surface area contributed by atoms with E-state index in [0.717, 1.165) is 10.7 Å². The van der Waals surface area contributed by atoms with Crippen molar-refractivity contribution >= 4 is 11.3 Å². The zero-order valence-electron chi connectivity index (χ0n) is 6.24. The topological polar surface area (TPSA) is 62.7 Å². The van der Waals surface area contributed by atoms with E-state index in [9.17, 15) is 0 Å². The van der Waals surface area contributed by atoms with E-state index in [4.69, 9.17) is 11.0 Å². The highest BCUT2D eigenvalue weighted by Gasteiger charge is 2.07. The second-order valence-electron chi connectivity index (χ2n) is 2.26. The van der Waals surface area contributed by atoms with Crippen LogP contribution in [0, 0.1) is 18.3 Å². The normalized spacial score (nSPS) is 12.5. The first-order chi connectivity index (χ1) is 5.24. The van der Waals surface area contributed by atoms with Crippen LogP contribution in [0.2, 0.25) is 0 Å². The fourth-order valence-corrected chi connectivity index (χ4v) is 1.43. The Bertz CT molecular complexity index is 273. The molecule has 0 spiro atoms. The van der Waals surface area contributed by atoms with Gasteiger partial charge in [-0.3, -0.25) is 0 Å². The number of nitrogens with two attached hydrogens (primary N) is 1. The van der Waals surface area contributed by atoms with Gasteiger partial charge >= 0.3 is 0 Å². The van der Waals surface area contributed by atoms with Crippen LogP contribution in [-0.2, 0) is 0 Å². The van der Waals surface area contributed by atoms with Crippen molar-refractivity contribution in [2.45, 2.75) is 19.4 Å². The van der Waals surface area contributed by atoms with Gasteiger partial charge in [-0.05, 0) is 6.92 Å². The van der Waals surface area contributed by atoms with Crippen molar-refractivity contribution in [3.63, 3.8) is 0 Å². The lowest BCUT2D eigenvalue weighted by Crippen LogP contribution is -2.09. The first-order valence-corrected chi connectivity index (χ1v) is 4.16. The van der Waals surface area contributed by atoms with Crippen LogP contribution in [0.3, 0.4) is 0 Å². The summed E-state index contributed by atoms with van der Waals surface area (Å²) in [6.45, 7) is 1.92. The Morgan fingerprint density at radius 1 is 1.91 bits per heavy atom. The maximum absolute atomic E-state index is 8.35. The van der Waals surface area contributed by atoms with Gasteiger partial charge in [0.2, 0.25) is 0 Å². The molecule has 4 heteroatoms. The van der Waals surface area contributed by atoms with E-state index in [1.807, 2.05) is 18.4 Å². The van der Waals surface area contributed by atoms with Crippen LogP contribution in [-0.4, -0.2) is 4.98 Å². The Hall–Kier alpha value is -0.920. The molecule has 0 aliphatic heterocycles. The maximum atomic E-state index is 8.35. The summed E-state index contributed by atoms with van der Waals surface area (Å²) >= 11 is 1.56. The average Bonchev–Trinajstić information content (AvgIpc) is 2.36. The zero-order valence-corrected chi connectivity index (χ0v) is 7.06. The predicted octanol–water partition coefficient (Wildman–Crippen LogP) is 1.37. The lowest BCUT2D eigenvalue weighted by Gasteiger charge is -2.00. The van der Waals surface area contributed by atoms with Gasteiger partial charge in [-0.15, -0.1) is 11.3 Å². The monoisotopic (exact) mass is 167 g/mol. The summed E-state index contributed by atoms with van der Waals surface area (Å²) in [6, 6.07) is 1.80. The Morgan fingerprint density at radius 3 is 3.09 bits per heavy atom. The van der Waals surface area contributed by atoms with E-state index in [1.165, 1.54) is 0 Å². The lowest BCUT2D eigenvalue weighted by molar-refractivity contribution is 0.724. The van der Waals surface area contributed by atoms with E-state index in [2.05, 4.69) is 4.98 Å². The molecule has 1 atom stereocenters. The van der Waals surface area contributed by atoms with Gasteiger partial charge in [0.05, 0.1) is 29.2 Å². The van der Waals surface area contributed by atoms with E-state index in [1.54, 1.807) is 11.3 Å². The minimum Gasteiger partial charge on any atom is -0.322 e. The van der Waals surface area contributed by atoms with E-state index < -0.39 is 0 Å². The van der Waals surface area contributed by atoms with Gasteiger partial charge in [0.1, 0.15) is 0 Å². The summed E-state index contributed by atoms with van der Waals surface area (Å²) in [6.07, 6.45) is 0.336. The molecule has 11 heavy (non-hydrogen) atoms. The number of nitriles is 1. The number of aromatic nitrogens is 1. The molecule has 0 fully saturated rings. The standard InChI is InChI=1S/C7H9N3S/c1-5-10-7(4-11-5)6(9)2-3-8/h4,6H,2,9H2,1H3. The van der Waals surface area contributed by atoms with Gasteiger partial charge in [-0.2, -0.15) is 5.26 Å². The zero-order chi connectivity index (χ0) is 8.27. The second kappa shape index (κ2) is 3.46. The molecule has 0 amide bonds. The van der Waals surface area contributed by atoms with Crippen LogP contribution in [0.5, 0.6) is 0 Å². The molecule has 0 saturated carbocycles. The summed E-state index contributed by atoms with van der Waals surface area (Å²) in [4.78, 5) is 4.17. The molecule has 0 bridgehead atoms. The van der Waals surface area contributed by atoms with Gasteiger partial charge in [-0.1, -0.05) is 0 Å². The Labute approximate surface area is 69.5 Å². The third-order valence-electron chi connectivity index (χ3n) is 1.33. The summed E-state index contributed by atoms with van der Waals surface area (Å²) in [7, 11) is 0. The van der Waals surface area contributed by atoms with Gasteiger partial charge in [0, 0.05) is 5.38 Å². The van der Waals surface area contributed by atoms with Crippen molar-refractivity contribution in [3.05, 3.63) is 16.1 Å². The lowest BCUT2D eigenvalue weighted by atomic mass is 10.2. The van der Waals surface area contributed by atoms with Crippen molar-refractivity contribution in [1.82, 2.24) is 4.98 Å². The van der Waals surface area contributed by atoms with Crippen LogP contribution in [0.1, 0.15) is 23.2 Å². The van der Waals surface area contributed by atoms with Crippen LogP contribution < -0.4 is 5.73 Å². The molecule has 3 nitrogen and oxygen atoms in total. The third kappa shape index (κ3) is 2.00. The molecule has 1 unspecified atom stereocenters. The summed E-state index contributed by atoms with van der Waals surface area (Å²) in [5.41, 5.74) is 6.47. The van der Waals surface area contributed by atoms with E-state index in [0.29, 0.717) is 6.42 Å². The van der Waals surface area contributed by atoms with Crippen molar-refractivity contribution in [2.75, 3.05) is 0 Å². The maximum Gasteiger partial charge on any atom is 0.0898 e. The van der Waals surface area contributed by atoms with Crippen molar-refractivity contribution in [3.8, 4) is 6.07 Å². The molecular formula is C7H9N3S. The molecule has 1 aromatic rings. The molecule has 1 heterocycles. The minimum atomic E-state index is -0.218. The minimum absolute atomic E-state index is 0.218. The first-order valence-electron chi connectivity index (χ1n) is 3.28. The van der Waals surface area contributed by atoms with Crippen LogP contribution in [0.25, 0.3) is 0 Å². The van der Waals surface area contributed by atoms with Crippen LogP contribution >= 0.6 is 11.3 Å². The number of hydrogen-bond donors (Lipinski definition) is 1. The van der Waals surface area contributed by atoms with E-state index >= 15 is 0 Å². The highest BCUT2D eigenvalue weighted by Crippen LogP contribution is 2.15. The van der Waals surface area contributed by atoms with Crippen molar-refractivity contribution < 1.29 is 0 Å². The summed E-state index contributed by atoms with van der Waals surface area (Å²) in [5.74, 6) is 0. The first kappa shape index (κ1) is 8.18. The van der Waals surface area contributed by atoms with E-state index in [-0.39, 0.29) is 6.04 Å². The predicted molar refractivity (Wildman–Crippen MR) is 44.0 cm³/mol. The Morgan fingerprint density at radius 2 is 2.64 bits per heavy atom. The summed E-state index contributed by atoms with van der Waals surface area (Å²) in [5, 5.41) is 11.2. The Balaban J connectivity index is 2.70. The number of aryl methyl sites for hydroxylation is 1. The molecule has 1 aromatic heterocycles. The van der Waals surface area contributed by atoms with Gasteiger partial charge in [-0.25, -0.2) is 4.98 Å². The number of nitrogens with zero attached hydrogens (tertiary/aromatic N) is 2. The third-order valence-corrected chi connectivity index (χ3v) is 2.12. The largest absolute Gasteiger partial charge is 0.322 e. The molecule has 1 rings (SSSR count).